The summed E-state index contributed by atoms with van der Waals surface area (Å²) < 4.78 is 13.7. The second-order valence-electron chi connectivity index (χ2n) is 3.14. The molecule has 2 aromatic rings. The van der Waals surface area contributed by atoms with Crippen molar-refractivity contribution < 1.29 is 4.39 Å². The Balaban J connectivity index is 2.83. The third-order valence-corrected chi connectivity index (χ3v) is 2.28. The van der Waals surface area contributed by atoms with Crippen molar-refractivity contribution in [3.05, 3.63) is 35.3 Å². The minimum atomic E-state index is -0.196. The molecule has 0 saturated carbocycles. The van der Waals surface area contributed by atoms with Crippen LogP contribution in [-0.2, 0) is 6.54 Å². The van der Waals surface area contributed by atoms with E-state index in [0.29, 0.717) is 10.9 Å². The summed E-state index contributed by atoms with van der Waals surface area (Å²) in [5.74, 6) is -0.196. The van der Waals surface area contributed by atoms with E-state index in [4.69, 9.17) is 5.73 Å². The van der Waals surface area contributed by atoms with Crippen LogP contribution in [-0.4, -0.2) is 4.98 Å². The van der Waals surface area contributed by atoms with Crippen LogP contribution in [0.4, 0.5) is 4.39 Å². The van der Waals surface area contributed by atoms with Gasteiger partial charge in [0.15, 0.2) is 0 Å². The summed E-state index contributed by atoms with van der Waals surface area (Å²) >= 11 is 0. The minimum absolute atomic E-state index is 0.196. The van der Waals surface area contributed by atoms with E-state index in [0.717, 1.165) is 11.1 Å². The molecule has 2 rings (SSSR count). The molecule has 0 aliphatic rings. The summed E-state index contributed by atoms with van der Waals surface area (Å²) in [4.78, 5) is 3.00. The predicted molar refractivity (Wildman–Crippen MR) is 50.9 cm³/mol. The Morgan fingerprint density at radius 3 is 2.92 bits per heavy atom. The molecular formula is C10H11FN2. The molecule has 0 atom stereocenters. The van der Waals surface area contributed by atoms with Gasteiger partial charge in [-0.05, 0) is 18.6 Å². The van der Waals surface area contributed by atoms with E-state index in [1.54, 1.807) is 12.3 Å². The molecule has 0 unspecified atom stereocenters. The number of hydrogen-bond donors (Lipinski definition) is 2. The van der Waals surface area contributed by atoms with Gasteiger partial charge in [-0.1, -0.05) is 6.07 Å². The molecule has 0 bridgehead atoms. The summed E-state index contributed by atoms with van der Waals surface area (Å²) in [7, 11) is 0. The van der Waals surface area contributed by atoms with Gasteiger partial charge in [-0.3, -0.25) is 0 Å². The lowest BCUT2D eigenvalue weighted by atomic mass is 10.1. The number of fused-ring (bicyclic) bond motifs is 1. The maximum Gasteiger partial charge on any atom is 0.137 e. The predicted octanol–water partition coefficient (Wildman–Crippen LogP) is 2.07. The van der Waals surface area contributed by atoms with Crippen LogP contribution in [0, 0.1) is 12.7 Å². The van der Waals surface area contributed by atoms with E-state index in [2.05, 4.69) is 4.98 Å². The molecule has 0 aliphatic carbocycles. The van der Waals surface area contributed by atoms with E-state index in [-0.39, 0.29) is 12.4 Å². The number of benzene rings is 1. The van der Waals surface area contributed by atoms with Crippen molar-refractivity contribution in [1.82, 2.24) is 4.98 Å². The van der Waals surface area contributed by atoms with E-state index in [9.17, 15) is 4.39 Å². The Morgan fingerprint density at radius 1 is 1.46 bits per heavy atom. The van der Waals surface area contributed by atoms with Crippen molar-refractivity contribution in [2.24, 2.45) is 5.73 Å². The second-order valence-corrected chi connectivity index (χ2v) is 3.14. The van der Waals surface area contributed by atoms with Crippen LogP contribution < -0.4 is 5.73 Å². The number of nitrogens with two attached hydrogens (primary N) is 1. The number of rotatable bonds is 1. The fraction of sp³-hybridized carbons (Fsp3) is 0.200. The lowest BCUT2D eigenvalue weighted by molar-refractivity contribution is 0.622. The number of nitrogens with one attached hydrogen (secondary N) is 1. The number of H-pyrrole nitrogens is 1. The summed E-state index contributed by atoms with van der Waals surface area (Å²) in [6.07, 6.45) is 1.80. The lowest BCUT2D eigenvalue weighted by Gasteiger charge is -2.01. The van der Waals surface area contributed by atoms with Gasteiger partial charge < -0.3 is 10.7 Å². The first-order valence-electron chi connectivity index (χ1n) is 4.19. The third-order valence-electron chi connectivity index (χ3n) is 2.28. The highest BCUT2D eigenvalue weighted by Gasteiger charge is 2.08. The summed E-state index contributed by atoms with van der Waals surface area (Å²) in [5.41, 5.74) is 7.72. The van der Waals surface area contributed by atoms with E-state index in [1.807, 2.05) is 13.0 Å². The Morgan fingerprint density at radius 2 is 2.23 bits per heavy atom. The molecule has 0 radical (unpaired) electrons. The topological polar surface area (TPSA) is 41.8 Å². The quantitative estimate of drug-likeness (QED) is 0.689. The molecule has 2 nitrogen and oxygen atoms in total. The van der Waals surface area contributed by atoms with Crippen LogP contribution in [0.3, 0.4) is 0 Å². The standard InChI is InChI=1S/C10H11FN2/c1-6-5-13-8-3-2-7(4-12)10(11)9(6)8/h2-3,5,13H,4,12H2,1H3. The third kappa shape index (κ3) is 1.12. The molecular weight excluding hydrogens is 167 g/mol. The molecule has 0 spiro atoms. The highest BCUT2D eigenvalue weighted by molar-refractivity contribution is 5.84. The fourth-order valence-electron chi connectivity index (χ4n) is 1.54. The Bertz CT molecular complexity index is 445. The van der Waals surface area contributed by atoms with Crippen molar-refractivity contribution in [2.75, 3.05) is 0 Å². The molecule has 68 valence electrons. The molecule has 13 heavy (non-hydrogen) atoms. The molecule has 1 heterocycles. The first-order chi connectivity index (χ1) is 6.24. The highest BCUT2D eigenvalue weighted by Crippen LogP contribution is 2.23. The molecule has 1 aromatic carbocycles. The van der Waals surface area contributed by atoms with Crippen molar-refractivity contribution >= 4 is 10.9 Å². The van der Waals surface area contributed by atoms with Gasteiger partial charge in [0.25, 0.3) is 0 Å². The van der Waals surface area contributed by atoms with Gasteiger partial charge in [0.1, 0.15) is 5.82 Å². The summed E-state index contributed by atoms with van der Waals surface area (Å²) in [5, 5.41) is 0.656. The lowest BCUT2D eigenvalue weighted by Crippen LogP contribution is -1.99. The Labute approximate surface area is 75.6 Å². The largest absolute Gasteiger partial charge is 0.361 e. The normalized spacial score (nSPS) is 11.0. The molecule has 3 N–H and O–H groups in total. The Kier molecular flexibility index (Phi) is 1.81. The van der Waals surface area contributed by atoms with Crippen molar-refractivity contribution in [3.63, 3.8) is 0 Å². The number of halogens is 1. The van der Waals surface area contributed by atoms with Gasteiger partial charge in [0.05, 0.1) is 0 Å². The Hall–Kier alpha value is -1.35. The molecule has 1 aromatic heterocycles. The van der Waals surface area contributed by atoms with Gasteiger partial charge in [-0.15, -0.1) is 0 Å². The average molecular weight is 178 g/mol. The monoisotopic (exact) mass is 178 g/mol. The van der Waals surface area contributed by atoms with Crippen LogP contribution in [0.5, 0.6) is 0 Å². The van der Waals surface area contributed by atoms with Crippen molar-refractivity contribution in [3.8, 4) is 0 Å². The molecule has 0 amide bonds. The van der Waals surface area contributed by atoms with Crippen LogP contribution in [0.1, 0.15) is 11.1 Å². The first-order valence-corrected chi connectivity index (χ1v) is 4.19. The zero-order valence-corrected chi connectivity index (χ0v) is 7.39. The van der Waals surface area contributed by atoms with Crippen molar-refractivity contribution in [1.29, 1.82) is 0 Å². The van der Waals surface area contributed by atoms with Gasteiger partial charge in [-0.2, -0.15) is 0 Å². The molecule has 0 aliphatic heterocycles. The maximum atomic E-state index is 13.7. The highest BCUT2D eigenvalue weighted by atomic mass is 19.1. The zero-order valence-electron chi connectivity index (χ0n) is 7.39. The van der Waals surface area contributed by atoms with E-state index < -0.39 is 0 Å². The summed E-state index contributed by atoms with van der Waals surface area (Å²) in [6, 6.07) is 3.57. The second kappa shape index (κ2) is 2.85. The number of hydrogen-bond acceptors (Lipinski definition) is 1. The average Bonchev–Trinajstić information content (AvgIpc) is 2.49. The maximum absolute atomic E-state index is 13.7. The smallest absolute Gasteiger partial charge is 0.137 e. The number of aryl methyl sites for hydroxylation is 1. The van der Waals surface area contributed by atoms with Crippen LogP contribution in [0.15, 0.2) is 18.3 Å². The SMILES string of the molecule is Cc1c[nH]c2ccc(CN)c(F)c12. The minimum Gasteiger partial charge on any atom is -0.361 e. The van der Waals surface area contributed by atoms with Gasteiger partial charge >= 0.3 is 0 Å². The van der Waals surface area contributed by atoms with Gasteiger partial charge in [0, 0.05) is 29.2 Å². The fourth-order valence-corrected chi connectivity index (χ4v) is 1.54. The molecule has 0 saturated heterocycles. The van der Waals surface area contributed by atoms with E-state index >= 15 is 0 Å². The number of aromatic nitrogens is 1. The molecule has 0 fully saturated rings. The van der Waals surface area contributed by atoms with E-state index in [1.165, 1.54) is 0 Å². The molecule has 3 heteroatoms. The van der Waals surface area contributed by atoms with Gasteiger partial charge in [-0.25, -0.2) is 4.39 Å². The van der Waals surface area contributed by atoms with Crippen LogP contribution in [0.2, 0.25) is 0 Å². The van der Waals surface area contributed by atoms with Crippen LogP contribution in [0.25, 0.3) is 10.9 Å². The summed E-state index contributed by atoms with van der Waals surface area (Å²) in [6.45, 7) is 2.12. The number of aromatic amines is 1. The van der Waals surface area contributed by atoms with Crippen molar-refractivity contribution in [2.45, 2.75) is 13.5 Å². The zero-order chi connectivity index (χ0) is 9.42. The van der Waals surface area contributed by atoms with Gasteiger partial charge in [0.2, 0.25) is 0 Å². The first kappa shape index (κ1) is 8.26. The van der Waals surface area contributed by atoms with Crippen LogP contribution >= 0.6 is 0 Å².